The normalized spacial score (nSPS) is 14.0. The Morgan fingerprint density at radius 1 is 0.960 bits per heavy atom. The Labute approximate surface area is 156 Å². The molecule has 0 spiro atoms. The average molecular weight is 376 g/mol. The fourth-order valence-electron chi connectivity index (χ4n) is 2.47. The van der Waals surface area contributed by atoms with Gasteiger partial charge in [-0.2, -0.15) is 0 Å². The molecule has 0 unspecified atom stereocenters. The summed E-state index contributed by atoms with van der Waals surface area (Å²) in [7, 11) is 0. The van der Waals surface area contributed by atoms with Gasteiger partial charge in [0.05, 0.1) is 13.2 Å². The highest BCUT2D eigenvalue weighted by atomic mass is 35.5. The van der Waals surface area contributed by atoms with E-state index in [0.717, 1.165) is 11.4 Å². The second-order valence-corrected chi connectivity index (χ2v) is 6.41. The molecule has 1 heterocycles. The number of hydrogen-bond donors (Lipinski definition) is 2. The van der Waals surface area contributed by atoms with Gasteiger partial charge in [-0.3, -0.25) is 4.79 Å². The largest absolute Gasteiger partial charge is 0.378 e. The highest BCUT2D eigenvalue weighted by molar-refractivity contribution is 7.80. The Bertz CT molecular complexity index is 744. The van der Waals surface area contributed by atoms with E-state index in [-0.39, 0.29) is 5.91 Å². The highest BCUT2D eigenvalue weighted by Gasteiger charge is 2.18. The lowest BCUT2D eigenvalue weighted by molar-refractivity contribution is 0.0303. The van der Waals surface area contributed by atoms with Crippen molar-refractivity contribution in [1.29, 1.82) is 0 Å². The molecule has 0 bridgehead atoms. The number of carbonyl (C=O) groups excluding carboxylic acids is 1. The Morgan fingerprint density at radius 2 is 1.48 bits per heavy atom. The van der Waals surface area contributed by atoms with Gasteiger partial charge in [-0.25, -0.2) is 0 Å². The zero-order chi connectivity index (χ0) is 17.6. The van der Waals surface area contributed by atoms with E-state index in [9.17, 15) is 4.79 Å². The van der Waals surface area contributed by atoms with E-state index in [4.69, 9.17) is 28.6 Å². The van der Waals surface area contributed by atoms with Gasteiger partial charge in [0.15, 0.2) is 5.11 Å². The number of halogens is 1. The molecule has 1 aliphatic heterocycles. The topological polar surface area (TPSA) is 53.6 Å². The number of benzene rings is 2. The van der Waals surface area contributed by atoms with E-state index in [2.05, 4.69) is 10.6 Å². The number of ether oxygens (including phenoxy) is 1. The quantitative estimate of drug-likeness (QED) is 0.802. The lowest BCUT2D eigenvalue weighted by Gasteiger charge is -2.26. The third-order valence-corrected chi connectivity index (χ3v) is 4.25. The van der Waals surface area contributed by atoms with Crippen LogP contribution in [0.25, 0.3) is 0 Å². The number of nitrogens with one attached hydrogen (secondary N) is 2. The van der Waals surface area contributed by atoms with Crippen molar-refractivity contribution in [2.75, 3.05) is 36.9 Å². The number of rotatable bonds is 3. The number of thiocarbonyl (C=S) groups is 1. The summed E-state index contributed by atoms with van der Waals surface area (Å²) >= 11 is 11.2. The Morgan fingerprint density at radius 3 is 2.04 bits per heavy atom. The molecule has 5 nitrogen and oxygen atoms in total. The number of amides is 1. The first-order valence-electron chi connectivity index (χ1n) is 7.92. The lowest BCUT2D eigenvalue weighted by atomic mass is 10.1. The van der Waals surface area contributed by atoms with Gasteiger partial charge in [0.2, 0.25) is 0 Å². The predicted octanol–water partition coefficient (Wildman–Crippen LogP) is 3.62. The summed E-state index contributed by atoms with van der Waals surface area (Å²) in [5, 5.41) is 7.31. The van der Waals surface area contributed by atoms with E-state index in [1.165, 1.54) is 0 Å². The molecular formula is C18H18ClN3O2S. The predicted molar refractivity (Wildman–Crippen MR) is 104 cm³/mol. The summed E-state index contributed by atoms with van der Waals surface area (Å²) in [6, 6.07) is 14.5. The average Bonchev–Trinajstić information content (AvgIpc) is 2.64. The van der Waals surface area contributed by atoms with Gasteiger partial charge in [0.25, 0.3) is 5.91 Å². The third kappa shape index (κ3) is 4.92. The molecule has 0 aliphatic carbocycles. The fourth-order valence-corrected chi connectivity index (χ4v) is 2.83. The molecule has 3 rings (SSSR count). The molecule has 0 atom stereocenters. The first-order valence-corrected chi connectivity index (χ1v) is 8.71. The smallest absolute Gasteiger partial charge is 0.254 e. The van der Waals surface area contributed by atoms with Crippen LogP contribution in [-0.4, -0.2) is 42.2 Å². The molecule has 7 heteroatoms. The lowest BCUT2D eigenvalue weighted by Crippen LogP contribution is -2.40. The summed E-state index contributed by atoms with van der Waals surface area (Å²) in [5.74, 6) is 0.0247. The van der Waals surface area contributed by atoms with Gasteiger partial charge < -0.3 is 20.3 Å². The SMILES string of the molecule is O=C(c1ccc(NC(=S)Nc2ccc(Cl)cc2)cc1)N1CCOCC1. The first kappa shape index (κ1) is 17.7. The molecule has 2 N–H and O–H groups in total. The molecule has 130 valence electrons. The standard InChI is InChI=1S/C18H18ClN3O2S/c19-14-3-7-16(8-4-14)21-18(25)20-15-5-1-13(2-6-15)17(23)22-9-11-24-12-10-22/h1-8H,9-12H2,(H2,20,21,25). The van der Waals surface area contributed by atoms with Gasteiger partial charge in [0.1, 0.15) is 0 Å². The molecule has 0 radical (unpaired) electrons. The van der Waals surface area contributed by atoms with E-state index >= 15 is 0 Å². The van der Waals surface area contributed by atoms with Gasteiger partial charge in [-0.05, 0) is 60.7 Å². The molecular weight excluding hydrogens is 358 g/mol. The molecule has 1 aliphatic rings. The Kier molecular flexibility index (Phi) is 5.86. The van der Waals surface area contributed by atoms with Gasteiger partial charge in [-0.1, -0.05) is 11.6 Å². The summed E-state index contributed by atoms with van der Waals surface area (Å²) in [6.07, 6.45) is 0. The van der Waals surface area contributed by atoms with Crippen molar-refractivity contribution in [3.63, 3.8) is 0 Å². The van der Waals surface area contributed by atoms with Gasteiger partial charge >= 0.3 is 0 Å². The monoisotopic (exact) mass is 375 g/mol. The summed E-state index contributed by atoms with van der Waals surface area (Å²) < 4.78 is 5.27. The van der Waals surface area contributed by atoms with Crippen LogP contribution in [0.1, 0.15) is 10.4 Å². The van der Waals surface area contributed by atoms with E-state index in [1.807, 2.05) is 24.3 Å². The Balaban J connectivity index is 1.57. The van der Waals surface area contributed by atoms with Crippen LogP contribution < -0.4 is 10.6 Å². The van der Waals surface area contributed by atoms with Gasteiger partial charge in [0, 0.05) is 35.1 Å². The van der Waals surface area contributed by atoms with Crippen LogP contribution in [-0.2, 0) is 4.74 Å². The van der Waals surface area contributed by atoms with Crippen LogP contribution in [0.15, 0.2) is 48.5 Å². The van der Waals surface area contributed by atoms with E-state index in [1.54, 1.807) is 29.2 Å². The molecule has 0 saturated carbocycles. The van der Waals surface area contributed by atoms with E-state index < -0.39 is 0 Å². The minimum Gasteiger partial charge on any atom is -0.378 e. The molecule has 1 saturated heterocycles. The summed E-state index contributed by atoms with van der Waals surface area (Å²) in [6.45, 7) is 2.45. The molecule has 1 amide bonds. The van der Waals surface area contributed by atoms with Crippen LogP contribution in [0.5, 0.6) is 0 Å². The minimum absolute atomic E-state index is 0.0247. The minimum atomic E-state index is 0.0247. The third-order valence-electron chi connectivity index (χ3n) is 3.79. The van der Waals surface area contributed by atoms with Crippen LogP contribution in [0.2, 0.25) is 5.02 Å². The molecule has 0 aromatic heterocycles. The van der Waals surface area contributed by atoms with Crippen molar-refractivity contribution in [1.82, 2.24) is 4.90 Å². The highest BCUT2D eigenvalue weighted by Crippen LogP contribution is 2.15. The fraction of sp³-hybridized carbons (Fsp3) is 0.222. The van der Waals surface area contributed by atoms with Crippen LogP contribution >= 0.6 is 23.8 Å². The Hall–Kier alpha value is -2.15. The molecule has 1 fully saturated rings. The summed E-state index contributed by atoms with van der Waals surface area (Å²) in [5.41, 5.74) is 2.31. The zero-order valence-electron chi connectivity index (χ0n) is 13.5. The van der Waals surface area contributed by atoms with Crippen molar-refractivity contribution in [3.8, 4) is 0 Å². The van der Waals surface area contributed by atoms with Crippen molar-refractivity contribution in [3.05, 3.63) is 59.1 Å². The molecule has 2 aromatic rings. The van der Waals surface area contributed by atoms with Crippen molar-refractivity contribution >= 4 is 46.2 Å². The van der Waals surface area contributed by atoms with Crippen LogP contribution in [0.3, 0.4) is 0 Å². The van der Waals surface area contributed by atoms with E-state index in [0.29, 0.717) is 42.0 Å². The van der Waals surface area contributed by atoms with Crippen molar-refractivity contribution in [2.45, 2.75) is 0 Å². The first-order chi connectivity index (χ1) is 12.1. The number of nitrogens with zero attached hydrogens (tertiary/aromatic N) is 1. The second-order valence-electron chi connectivity index (χ2n) is 5.57. The van der Waals surface area contributed by atoms with Crippen LogP contribution in [0, 0.1) is 0 Å². The molecule has 25 heavy (non-hydrogen) atoms. The van der Waals surface area contributed by atoms with Crippen molar-refractivity contribution in [2.24, 2.45) is 0 Å². The van der Waals surface area contributed by atoms with Crippen LogP contribution in [0.4, 0.5) is 11.4 Å². The van der Waals surface area contributed by atoms with Gasteiger partial charge in [-0.15, -0.1) is 0 Å². The number of anilines is 2. The maximum absolute atomic E-state index is 12.4. The maximum Gasteiger partial charge on any atom is 0.254 e. The molecule has 2 aromatic carbocycles. The van der Waals surface area contributed by atoms with Crippen molar-refractivity contribution < 1.29 is 9.53 Å². The zero-order valence-corrected chi connectivity index (χ0v) is 15.1. The summed E-state index contributed by atoms with van der Waals surface area (Å²) in [4.78, 5) is 14.2. The maximum atomic E-state index is 12.4. The number of hydrogen-bond acceptors (Lipinski definition) is 3. The number of morpholine rings is 1. The number of carbonyl (C=O) groups is 1. The second kappa shape index (κ2) is 8.29.